The normalized spacial score (nSPS) is 12.9. The van der Waals surface area contributed by atoms with Gasteiger partial charge in [0, 0.05) is 11.6 Å². The van der Waals surface area contributed by atoms with Gasteiger partial charge in [-0.25, -0.2) is 0 Å². The number of nitrogens with zero attached hydrogens (tertiary/aromatic N) is 2. The molecule has 8 nitrogen and oxygen atoms in total. The van der Waals surface area contributed by atoms with Crippen molar-refractivity contribution in [2.45, 2.75) is 26.3 Å². The molecule has 1 heterocycles. The number of rotatable bonds is 10. The molecule has 2 atom stereocenters. The predicted octanol–water partition coefficient (Wildman–Crippen LogP) is 4.68. The van der Waals surface area contributed by atoms with Crippen LogP contribution in [0.1, 0.15) is 37.8 Å². The average Bonchev–Trinajstić information content (AvgIpc) is 3.35. The van der Waals surface area contributed by atoms with Gasteiger partial charge < -0.3 is 24.1 Å². The summed E-state index contributed by atoms with van der Waals surface area (Å²) in [5.74, 6) is 1.96. The second-order valence-electron chi connectivity index (χ2n) is 7.49. The molecule has 0 saturated heterocycles. The smallest absolute Gasteiger partial charge is 0.249 e. The third-order valence-electron chi connectivity index (χ3n) is 5.37. The van der Waals surface area contributed by atoms with Gasteiger partial charge in [-0.1, -0.05) is 55.8 Å². The van der Waals surface area contributed by atoms with Crippen LogP contribution < -0.4 is 19.5 Å². The Balaban J connectivity index is 1.86. The van der Waals surface area contributed by atoms with E-state index < -0.39 is 6.04 Å². The fourth-order valence-electron chi connectivity index (χ4n) is 3.31. The summed E-state index contributed by atoms with van der Waals surface area (Å²) in [7, 11) is 4.62. The zero-order valence-electron chi connectivity index (χ0n) is 19.5. The number of ether oxygens (including phenoxy) is 3. The number of carbonyl (C=O) groups excluding carboxylic acids is 1. The highest BCUT2D eigenvalue weighted by molar-refractivity contribution is 5.91. The van der Waals surface area contributed by atoms with Crippen molar-refractivity contribution in [3.05, 3.63) is 60.0 Å². The van der Waals surface area contributed by atoms with Crippen molar-refractivity contribution >= 4 is 12.0 Å². The molecule has 0 aliphatic rings. The lowest BCUT2D eigenvalue weighted by Crippen LogP contribution is -2.31. The van der Waals surface area contributed by atoms with Crippen molar-refractivity contribution in [3.63, 3.8) is 0 Å². The van der Waals surface area contributed by atoms with Gasteiger partial charge in [0.25, 0.3) is 0 Å². The fourth-order valence-corrected chi connectivity index (χ4v) is 3.31. The van der Waals surface area contributed by atoms with Crippen LogP contribution in [0.25, 0.3) is 17.5 Å². The van der Waals surface area contributed by atoms with Crippen LogP contribution in [0.15, 0.2) is 53.1 Å². The van der Waals surface area contributed by atoms with E-state index in [1.54, 1.807) is 32.4 Å². The van der Waals surface area contributed by atoms with E-state index >= 15 is 0 Å². The number of amides is 1. The molecule has 3 rings (SSSR count). The van der Waals surface area contributed by atoms with Crippen molar-refractivity contribution in [1.29, 1.82) is 0 Å². The Labute approximate surface area is 193 Å². The zero-order valence-corrected chi connectivity index (χ0v) is 19.5. The van der Waals surface area contributed by atoms with E-state index in [0.717, 1.165) is 12.0 Å². The lowest BCUT2D eigenvalue weighted by molar-refractivity contribution is -0.117. The Kier molecular flexibility index (Phi) is 8.07. The van der Waals surface area contributed by atoms with E-state index in [-0.39, 0.29) is 11.8 Å². The van der Waals surface area contributed by atoms with E-state index in [1.807, 2.05) is 44.2 Å². The Morgan fingerprint density at radius 2 is 1.76 bits per heavy atom. The van der Waals surface area contributed by atoms with Crippen LogP contribution in [0.3, 0.4) is 0 Å². The van der Waals surface area contributed by atoms with Crippen LogP contribution in [0.4, 0.5) is 0 Å². The molecular weight excluding hydrogens is 422 g/mol. The summed E-state index contributed by atoms with van der Waals surface area (Å²) < 4.78 is 21.7. The first-order valence-corrected chi connectivity index (χ1v) is 10.7. The maximum Gasteiger partial charge on any atom is 0.249 e. The SMILES string of the molecule is CC[C@H](C)[C@H](NC(=O)/C=C/c1ccccc1)c1nc(-c2cc(OC)c(OC)c(OC)c2)no1. The lowest BCUT2D eigenvalue weighted by atomic mass is 9.99. The van der Waals surface area contributed by atoms with Gasteiger partial charge in [0.1, 0.15) is 6.04 Å². The minimum Gasteiger partial charge on any atom is -0.493 e. The van der Waals surface area contributed by atoms with Crippen LogP contribution in [-0.4, -0.2) is 37.4 Å². The van der Waals surface area contributed by atoms with Crippen molar-refractivity contribution in [3.8, 4) is 28.6 Å². The van der Waals surface area contributed by atoms with E-state index in [9.17, 15) is 4.79 Å². The first-order chi connectivity index (χ1) is 16.0. The number of nitrogens with one attached hydrogen (secondary N) is 1. The maximum atomic E-state index is 12.6. The largest absolute Gasteiger partial charge is 0.493 e. The highest BCUT2D eigenvalue weighted by atomic mass is 16.5. The molecule has 1 amide bonds. The monoisotopic (exact) mass is 451 g/mol. The average molecular weight is 452 g/mol. The molecule has 1 aromatic heterocycles. The van der Waals surface area contributed by atoms with E-state index in [2.05, 4.69) is 15.5 Å². The zero-order chi connectivity index (χ0) is 23.8. The molecular formula is C25H29N3O5. The second-order valence-corrected chi connectivity index (χ2v) is 7.49. The molecule has 1 N–H and O–H groups in total. The molecule has 2 aromatic carbocycles. The highest BCUT2D eigenvalue weighted by Crippen LogP contribution is 2.40. The van der Waals surface area contributed by atoms with Gasteiger partial charge in [-0.15, -0.1) is 0 Å². The number of carbonyl (C=O) groups is 1. The van der Waals surface area contributed by atoms with Crippen molar-refractivity contribution in [2.24, 2.45) is 5.92 Å². The second kappa shape index (κ2) is 11.2. The summed E-state index contributed by atoms with van der Waals surface area (Å²) in [6.07, 6.45) is 4.08. The van der Waals surface area contributed by atoms with Crippen LogP contribution >= 0.6 is 0 Å². The van der Waals surface area contributed by atoms with Crippen molar-refractivity contribution < 1.29 is 23.5 Å². The molecule has 0 bridgehead atoms. The molecule has 3 aromatic rings. The van der Waals surface area contributed by atoms with Gasteiger partial charge in [-0.2, -0.15) is 4.98 Å². The Morgan fingerprint density at radius 1 is 1.09 bits per heavy atom. The van der Waals surface area contributed by atoms with Crippen LogP contribution in [0.5, 0.6) is 17.2 Å². The number of hydrogen-bond acceptors (Lipinski definition) is 7. The summed E-state index contributed by atoms with van der Waals surface area (Å²) in [4.78, 5) is 17.2. The Morgan fingerprint density at radius 3 is 2.33 bits per heavy atom. The first kappa shape index (κ1) is 23.8. The maximum absolute atomic E-state index is 12.6. The molecule has 33 heavy (non-hydrogen) atoms. The van der Waals surface area contributed by atoms with Crippen LogP contribution in [0, 0.1) is 5.92 Å². The van der Waals surface area contributed by atoms with E-state index in [0.29, 0.717) is 34.5 Å². The van der Waals surface area contributed by atoms with Gasteiger partial charge in [-0.05, 0) is 29.7 Å². The van der Waals surface area contributed by atoms with Crippen molar-refractivity contribution in [1.82, 2.24) is 15.5 Å². The molecule has 0 radical (unpaired) electrons. The number of aromatic nitrogens is 2. The summed E-state index contributed by atoms with van der Waals surface area (Å²) in [5.41, 5.74) is 1.58. The summed E-state index contributed by atoms with van der Waals surface area (Å²) in [5, 5.41) is 7.11. The van der Waals surface area contributed by atoms with E-state index in [1.165, 1.54) is 13.2 Å². The summed E-state index contributed by atoms with van der Waals surface area (Å²) >= 11 is 0. The summed E-state index contributed by atoms with van der Waals surface area (Å²) in [6, 6.07) is 12.7. The van der Waals surface area contributed by atoms with Gasteiger partial charge >= 0.3 is 0 Å². The lowest BCUT2D eigenvalue weighted by Gasteiger charge is -2.19. The van der Waals surface area contributed by atoms with Crippen LogP contribution in [0.2, 0.25) is 0 Å². The minimum atomic E-state index is -0.439. The van der Waals surface area contributed by atoms with Crippen LogP contribution in [-0.2, 0) is 4.79 Å². The first-order valence-electron chi connectivity index (χ1n) is 10.7. The van der Waals surface area contributed by atoms with Crippen molar-refractivity contribution in [2.75, 3.05) is 21.3 Å². The van der Waals surface area contributed by atoms with Gasteiger partial charge in [0.15, 0.2) is 11.5 Å². The van der Waals surface area contributed by atoms with Gasteiger partial charge in [-0.3, -0.25) is 4.79 Å². The Hall–Kier alpha value is -3.81. The topological polar surface area (TPSA) is 95.7 Å². The van der Waals surface area contributed by atoms with Gasteiger partial charge in [0.05, 0.1) is 21.3 Å². The molecule has 174 valence electrons. The predicted molar refractivity (Wildman–Crippen MR) is 125 cm³/mol. The van der Waals surface area contributed by atoms with E-state index in [4.69, 9.17) is 18.7 Å². The molecule has 0 aliphatic heterocycles. The minimum absolute atomic E-state index is 0.0762. The standard InChI is InChI=1S/C25H29N3O5/c1-6-16(2)22(26-21(29)13-12-17-10-8-7-9-11-17)25-27-24(28-33-25)18-14-19(30-3)23(32-5)20(15-18)31-4/h7-16,22H,6H2,1-5H3,(H,26,29)/b13-12+/t16-,22-/m0/s1. The number of methoxy groups -OCH3 is 3. The molecule has 0 saturated carbocycles. The third kappa shape index (κ3) is 5.71. The molecule has 0 aliphatic carbocycles. The highest BCUT2D eigenvalue weighted by Gasteiger charge is 2.26. The van der Waals surface area contributed by atoms with Gasteiger partial charge in [0.2, 0.25) is 23.4 Å². The molecule has 0 unspecified atom stereocenters. The molecule has 8 heteroatoms. The Bertz CT molecular complexity index is 1070. The fraction of sp³-hybridized carbons (Fsp3) is 0.320. The quantitative estimate of drug-likeness (QED) is 0.447. The molecule has 0 spiro atoms. The number of hydrogen-bond donors (Lipinski definition) is 1. The summed E-state index contributed by atoms with van der Waals surface area (Å²) in [6.45, 7) is 4.06. The number of benzene rings is 2. The third-order valence-corrected chi connectivity index (χ3v) is 5.37. The molecule has 0 fully saturated rings.